The van der Waals surface area contributed by atoms with Crippen LogP contribution in [0, 0.1) is 0 Å². The van der Waals surface area contributed by atoms with Crippen LogP contribution in [-0.2, 0) is 24.1 Å². The first-order valence-corrected chi connectivity index (χ1v) is 29.1. The molecular weight excluding hydrogens is 873 g/mol. The Labute approximate surface area is 99.3 Å². The van der Waals surface area contributed by atoms with Gasteiger partial charge >= 0.3 is 102 Å². The molecule has 0 heterocycles. The van der Waals surface area contributed by atoms with Crippen molar-refractivity contribution >= 4 is 78.1 Å². The van der Waals surface area contributed by atoms with E-state index in [9.17, 15) is 0 Å². The van der Waals surface area contributed by atoms with Gasteiger partial charge in [-0.15, -0.1) is 0 Å². The summed E-state index contributed by atoms with van der Waals surface area (Å²) in [5.41, 5.74) is 0. The van der Waals surface area contributed by atoms with Gasteiger partial charge in [0.25, 0.3) is 0 Å². The van der Waals surface area contributed by atoms with Crippen molar-refractivity contribution in [3.8, 4) is 0 Å². The van der Waals surface area contributed by atoms with E-state index in [2.05, 4.69) is 78.1 Å². The van der Waals surface area contributed by atoms with Crippen molar-refractivity contribution in [1.82, 2.24) is 0 Å². The number of rotatable bonds is 0. The number of hydrogen-bond donors (Lipinski definition) is 0. The van der Waals surface area contributed by atoms with Crippen LogP contribution in [0.2, 0.25) is 0 Å². The molecule has 8 heavy (non-hydrogen) atoms. The molecule has 0 aromatic rings. The van der Waals surface area contributed by atoms with Gasteiger partial charge < -0.3 is 0 Å². The standard InChI is InChI=1S/2Au.6BrH/h;;6*1H/q2*+3;;;;;;/p-6. The van der Waals surface area contributed by atoms with E-state index in [0.717, 1.165) is 0 Å². The quantitative estimate of drug-likeness (QED) is 0.299. The molecule has 0 aliphatic carbocycles. The molecule has 8 heteroatoms. The molecule has 0 amide bonds. The van der Waals surface area contributed by atoms with Crippen molar-refractivity contribution in [1.29, 1.82) is 0 Å². The fourth-order valence-electron chi connectivity index (χ4n) is 0. The fraction of sp³-hybridized carbons (Fsp3) is 0. The Bertz CT molecular complexity index is 22.0. The van der Waals surface area contributed by atoms with E-state index < -0.39 is 24.1 Å². The zero-order valence-corrected chi connectivity index (χ0v) is 16.7. The Balaban J connectivity index is 0. The van der Waals surface area contributed by atoms with Crippen molar-refractivity contribution in [2.24, 2.45) is 0 Å². The van der Waals surface area contributed by atoms with E-state index in [1.54, 1.807) is 0 Å². The minimum absolute atomic E-state index is 0.766. The summed E-state index contributed by atoms with van der Waals surface area (Å²) in [5.74, 6) is 0. The van der Waals surface area contributed by atoms with Gasteiger partial charge in [0.2, 0.25) is 0 Å². The summed E-state index contributed by atoms with van der Waals surface area (Å²) in [4.78, 5) is 0. The Kier molecular flexibility index (Phi) is 21.1. The molecule has 0 unspecified atom stereocenters. The van der Waals surface area contributed by atoms with Crippen LogP contribution in [0.4, 0.5) is 0 Å². The van der Waals surface area contributed by atoms with Crippen LogP contribution in [0.25, 0.3) is 0 Å². The van der Waals surface area contributed by atoms with Crippen LogP contribution < -0.4 is 0 Å². The monoisotopic (exact) mass is 867 g/mol. The number of hydrogen-bond acceptors (Lipinski definition) is 0. The summed E-state index contributed by atoms with van der Waals surface area (Å²) < 4.78 is 0. The van der Waals surface area contributed by atoms with Crippen LogP contribution in [0.5, 0.6) is 0 Å². The summed E-state index contributed by atoms with van der Waals surface area (Å²) >= 11 is 18.0. The zero-order valence-electron chi connectivity index (χ0n) is 2.87. The fourth-order valence-corrected chi connectivity index (χ4v) is 0. The van der Waals surface area contributed by atoms with Crippen LogP contribution in [0.1, 0.15) is 0 Å². The molecule has 0 aliphatic heterocycles. The topological polar surface area (TPSA) is 0 Å². The second kappa shape index (κ2) is 11.4. The first-order chi connectivity index (χ1) is 3.46. The Morgan fingerprint density at radius 1 is 0.500 bits per heavy atom. The molecule has 0 bridgehead atoms. The predicted octanol–water partition coefficient (Wildman–Crippen LogP) is 5.07. The summed E-state index contributed by atoms with van der Waals surface area (Å²) in [7, 11) is 0. The molecule has 0 nitrogen and oxygen atoms in total. The molecule has 0 saturated heterocycles. The van der Waals surface area contributed by atoms with Gasteiger partial charge in [-0.2, -0.15) is 0 Å². The van der Waals surface area contributed by atoms with Gasteiger partial charge in [0.05, 0.1) is 0 Å². The molecule has 0 spiro atoms. The van der Waals surface area contributed by atoms with E-state index in [0.29, 0.717) is 0 Å². The Morgan fingerprint density at radius 2 is 0.500 bits per heavy atom. The zero-order chi connectivity index (χ0) is 7.15. The third-order valence-corrected chi connectivity index (χ3v) is 0. The second-order valence-corrected chi connectivity index (χ2v) is 57.1. The second-order valence-electron chi connectivity index (χ2n) is 0.258. The minimum atomic E-state index is -0.766. The Hall–Kier alpha value is 4.36. The molecule has 0 rings (SSSR count). The summed E-state index contributed by atoms with van der Waals surface area (Å²) in [5, 5.41) is 0. The number of halogens is 6. The van der Waals surface area contributed by atoms with Crippen LogP contribution in [0.3, 0.4) is 0 Å². The van der Waals surface area contributed by atoms with Gasteiger partial charge in [0, 0.05) is 0 Å². The van der Waals surface area contributed by atoms with E-state index >= 15 is 0 Å². The third-order valence-electron chi connectivity index (χ3n) is 0. The normalized spacial score (nSPS) is 11.2. The van der Waals surface area contributed by atoms with Gasteiger partial charge in [0.1, 0.15) is 0 Å². The molecule has 0 aromatic heterocycles. The molecule has 0 aromatic carbocycles. The van der Waals surface area contributed by atoms with Crippen LogP contribution >= 0.6 is 78.1 Å². The molecular formula is Au2Br6. The van der Waals surface area contributed by atoms with Gasteiger partial charge in [-0.3, -0.25) is 0 Å². The van der Waals surface area contributed by atoms with Crippen molar-refractivity contribution in [3.63, 3.8) is 0 Å². The first-order valence-electron chi connectivity index (χ1n) is 0.684. The van der Waals surface area contributed by atoms with Gasteiger partial charge in [-0.05, 0) is 0 Å². The van der Waals surface area contributed by atoms with Crippen LogP contribution in [-0.4, -0.2) is 0 Å². The van der Waals surface area contributed by atoms with E-state index in [4.69, 9.17) is 0 Å². The summed E-state index contributed by atoms with van der Waals surface area (Å²) in [6.07, 6.45) is 0. The van der Waals surface area contributed by atoms with E-state index in [1.807, 2.05) is 0 Å². The summed E-state index contributed by atoms with van der Waals surface area (Å²) in [6.45, 7) is 0. The molecule has 0 radical (unpaired) electrons. The van der Waals surface area contributed by atoms with E-state index in [-0.39, 0.29) is 0 Å². The molecule has 0 atom stereocenters. The average molecular weight is 873 g/mol. The predicted molar refractivity (Wildman–Crippen MR) is 53.6 cm³/mol. The first kappa shape index (κ1) is 14.9. The van der Waals surface area contributed by atoms with Crippen molar-refractivity contribution in [2.75, 3.05) is 0 Å². The molecule has 0 fully saturated rings. The molecule has 64 valence electrons. The maximum absolute atomic E-state index is 3.25. The average Bonchev–Trinajstić information content (AvgIpc) is 1.25. The third kappa shape index (κ3) is 47.7. The van der Waals surface area contributed by atoms with Crippen molar-refractivity contribution < 1.29 is 24.1 Å². The SMILES string of the molecule is [Br][Au]([Br])[Br].[Br][Au]([Br])[Br]. The van der Waals surface area contributed by atoms with Crippen LogP contribution in [0.15, 0.2) is 0 Å². The molecule has 0 saturated carbocycles. The molecule has 0 aliphatic rings. The van der Waals surface area contributed by atoms with Gasteiger partial charge in [-0.1, -0.05) is 0 Å². The maximum atomic E-state index is 3.25. The van der Waals surface area contributed by atoms with Gasteiger partial charge in [-0.25, -0.2) is 0 Å². The van der Waals surface area contributed by atoms with Crippen molar-refractivity contribution in [2.45, 2.75) is 0 Å². The Morgan fingerprint density at radius 3 is 0.500 bits per heavy atom. The van der Waals surface area contributed by atoms with Gasteiger partial charge in [0.15, 0.2) is 0 Å². The summed E-state index contributed by atoms with van der Waals surface area (Å²) in [6, 6.07) is 0. The van der Waals surface area contributed by atoms with Crippen molar-refractivity contribution in [3.05, 3.63) is 0 Å². The molecule has 0 N–H and O–H groups in total. The van der Waals surface area contributed by atoms with E-state index in [1.165, 1.54) is 0 Å².